The van der Waals surface area contributed by atoms with Gasteiger partial charge in [-0.3, -0.25) is 0 Å². The van der Waals surface area contributed by atoms with Gasteiger partial charge in [0.15, 0.2) is 0 Å². The molecule has 0 amide bonds. The molecular formula is C6H11NO. The minimum absolute atomic E-state index is 0.186. The highest BCUT2D eigenvalue weighted by molar-refractivity contribution is 5.66. The number of hydrogen-bond donors (Lipinski definition) is 1. The summed E-state index contributed by atoms with van der Waals surface area (Å²) >= 11 is 0. The summed E-state index contributed by atoms with van der Waals surface area (Å²) in [5, 5.41) is 10.9. The zero-order valence-electron chi connectivity index (χ0n) is 5.26. The molecule has 0 saturated heterocycles. The van der Waals surface area contributed by atoms with Gasteiger partial charge in [-0.2, -0.15) is 0 Å². The molecule has 0 unspecified atom stereocenters. The number of hydrogen-bond acceptors (Lipinski definition) is 2. The van der Waals surface area contributed by atoms with Crippen LogP contribution in [0.25, 0.3) is 0 Å². The summed E-state index contributed by atoms with van der Waals surface area (Å²) in [5.41, 5.74) is -0.186. The van der Waals surface area contributed by atoms with Gasteiger partial charge < -0.3 is 5.21 Å². The Balaban J connectivity index is 3.90. The Morgan fingerprint density at radius 3 is 2.25 bits per heavy atom. The fourth-order valence-electron chi connectivity index (χ4n) is 0.202. The monoisotopic (exact) mass is 113 g/mol. The maximum absolute atomic E-state index is 8.05. The lowest BCUT2D eigenvalue weighted by Gasteiger charge is -2.09. The van der Waals surface area contributed by atoms with Gasteiger partial charge in [0.25, 0.3) is 0 Å². The number of oxime groups is 1. The number of nitrogens with zero attached hydrogens (tertiary/aromatic N) is 1. The maximum atomic E-state index is 8.05. The van der Waals surface area contributed by atoms with Crippen LogP contribution in [0.5, 0.6) is 0 Å². The van der Waals surface area contributed by atoms with Crippen LogP contribution in [-0.4, -0.2) is 11.4 Å². The fraction of sp³-hybridized carbons (Fsp3) is 0.500. The fourth-order valence-corrected chi connectivity index (χ4v) is 0.202. The Hall–Kier alpha value is -0.790. The van der Waals surface area contributed by atoms with E-state index in [0.29, 0.717) is 0 Å². The van der Waals surface area contributed by atoms with Gasteiger partial charge in [-0.05, 0) is 0 Å². The molecule has 0 aromatic heterocycles. The molecule has 0 heterocycles. The van der Waals surface area contributed by atoms with Crippen LogP contribution in [0.1, 0.15) is 13.8 Å². The first-order valence-corrected chi connectivity index (χ1v) is 2.44. The van der Waals surface area contributed by atoms with E-state index in [2.05, 4.69) is 11.7 Å². The van der Waals surface area contributed by atoms with Crippen molar-refractivity contribution in [1.82, 2.24) is 0 Å². The van der Waals surface area contributed by atoms with E-state index in [4.69, 9.17) is 5.21 Å². The van der Waals surface area contributed by atoms with E-state index in [1.165, 1.54) is 6.21 Å². The molecular weight excluding hydrogens is 102 g/mol. The molecule has 0 atom stereocenters. The molecule has 0 aliphatic carbocycles. The standard InChI is InChI=1S/C6H11NO/c1-4-6(2,3)5-7-8/h4-5,8H,1H2,2-3H3/b7-5+. The Labute approximate surface area is 49.5 Å². The van der Waals surface area contributed by atoms with Crippen molar-refractivity contribution in [1.29, 1.82) is 0 Å². The molecule has 0 bridgehead atoms. The van der Waals surface area contributed by atoms with Gasteiger partial charge in [0.2, 0.25) is 0 Å². The molecule has 2 heteroatoms. The van der Waals surface area contributed by atoms with Crippen molar-refractivity contribution in [2.75, 3.05) is 0 Å². The second-order valence-electron chi connectivity index (χ2n) is 2.27. The molecule has 0 aromatic rings. The van der Waals surface area contributed by atoms with Crippen LogP contribution in [0.4, 0.5) is 0 Å². The summed E-state index contributed by atoms with van der Waals surface area (Å²) in [6.45, 7) is 7.35. The van der Waals surface area contributed by atoms with Crippen LogP contribution < -0.4 is 0 Å². The van der Waals surface area contributed by atoms with E-state index in [1.54, 1.807) is 6.08 Å². The lowest BCUT2D eigenvalue weighted by atomic mass is 9.96. The van der Waals surface area contributed by atoms with E-state index in [1.807, 2.05) is 13.8 Å². The highest BCUT2D eigenvalue weighted by Gasteiger charge is 2.07. The van der Waals surface area contributed by atoms with Gasteiger partial charge in [-0.15, -0.1) is 11.7 Å². The lowest BCUT2D eigenvalue weighted by Crippen LogP contribution is -2.07. The van der Waals surface area contributed by atoms with E-state index >= 15 is 0 Å². The third-order valence-corrected chi connectivity index (χ3v) is 0.917. The molecule has 0 saturated carbocycles. The zero-order valence-corrected chi connectivity index (χ0v) is 5.26. The summed E-state index contributed by atoms with van der Waals surface area (Å²) in [5.74, 6) is 0. The Kier molecular flexibility index (Phi) is 2.25. The smallest absolute Gasteiger partial charge is 0.0529 e. The van der Waals surface area contributed by atoms with Crippen molar-refractivity contribution in [3.05, 3.63) is 12.7 Å². The third kappa shape index (κ3) is 2.39. The van der Waals surface area contributed by atoms with Crippen molar-refractivity contribution in [2.45, 2.75) is 13.8 Å². The summed E-state index contributed by atoms with van der Waals surface area (Å²) in [7, 11) is 0. The van der Waals surface area contributed by atoms with Gasteiger partial charge >= 0.3 is 0 Å². The molecule has 46 valence electrons. The Bertz CT molecular complexity index is 105. The molecule has 0 aliphatic heterocycles. The van der Waals surface area contributed by atoms with Crippen molar-refractivity contribution in [2.24, 2.45) is 10.6 Å². The summed E-state index contributed by atoms with van der Waals surface area (Å²) in [4.78, 5) is 0. The summed E-state index contributed by atoms with van der Waals surface area (Å²) < 4.78 is 0. The van der Waals surface area contributed by atoms with Crippen LogP contribution in [-0.2, 0) is 0 Å². The van der Waals surface area contributed by atoms with Gasteiger partial charge in [-0.1, -0.05) is 19.9 Å². The minimum Gasteiger partial charge on any atom is -0.411 e. The van der Waals surface area contributed by atoms with Crippen LogP contribution in [0.3, 0.4) is 0 Å². The van der Waals surface area contributed by atoms with Crippen LogP contribution >= 0.6 is 0 Å². The summed E-state index contributed by atoms with van der Waals surface area (Å²) in [6, 6.07) is 0. The van der Waals surface area contributed by atoms with Gasteiger partial charge in [-0.25, -0.2) is 0 Å². The molecule has 0 spiro atoms. The average Bonchev–Trinajstić information content (AvgIpc) is 1.67. The topological polar surface area (TPSA) is 32.6 Å². The van der Waals surface area contributed by atoms with Crippen molar-refractivity contribution in [3.8, 4) is 0 Å². The summed E-state index contributed by atoms with van der Waals surface area (Å²) in [6.07, 6.45) is 3.15. The molecule has 0 aromatic carbocycles. The van der Waals surface area contributed by atoms with E-state index in [0.717, 1.165) is 0 Å². The molecule has 2 nitrogen and oxygen atoms in total. The molecule has 0 fully saturated rings. The van der Waals surface area contributed by atoms with Gasteiger partial charge in [0.1, 0.15) is 0 Å². The van der Waals surface area contributed by atoms with Gasteiger partial charge in [0.05, 0.1) is 6.21 Å². The Morgan fingerprint density at radius 1 is 1.62 bits per heavy atom. The predicted molar refractivity (Wildman–Crippen MR) is 34.3 cm³/mol. The van der Waals surface area contributed by atoms with Crippen molar-refractivity contribution < 1.29 is 5.21 Å². The average molecular weight is 113 g/mol. The predicted octanol–water partition coefficient (Wildman–Crippen LogP) is 1.66. The van der Waals surface area contributed by atoms with Crippen LogP contribution in [0, 0.1) is 5.41 Å². The first-order chi connectivity index (χ1) is 3.62. The third-order valence-electron chi connectivity index (χ3n) is 0.917. The largest absolute Gasteiger partial charge is 0.411 e. The highest BCUT2D eigenvalue weighted by atomic mass is 16.4. The minimum atomic E-state index is -0.186. The lowest BCUT2D eigenvalue weighted by molar-refractivity contribution is 0.317. The zero-order chi connectivity index (χ0) is 6.62. The van der Waals surface area contributed by atoms with Crippen molar-refractivity contribution >= 4 is 6.21 Å². The molecule has 8 heavy (non-hydrogen) atoms. The van der Waals surface area contributed by atoms with E-state index in [-0.39, 0.29) is 5.41 Å². The first kappa shape index (κ1) is 7.21. The maximum Gasteiger partial charge on any atom is 0.0529 e. The molecule has 0 radical (unpaired) electrons. The quantitative estimate of drug-likeness (QED) is 0.251. The van der Waals surface area contributed by atoms with Crippen LogP contribution in [0.2, 0.25) is 0 Å². The highest BCUT2D eigenvalue weighted by Crippen LogP contribution is 2.10. The first-order valence-electron chi connectivity index (χ1n) is 2.44. The van der Waals surface area contributed by atoms with Gasteiger partial charge in [0, 0.05) is 5.41 Å². The molecule has 1 N–H and O–H groups in total. The van der Waals surface area contributed by atoms with Crippen molar-refractivity contribution in [3.63, 3.8) is 0 Å². The number of rotatable bonds is 2. The second kappa shape index (κ2) is 2.50. The normalized spacial score (nSPS) is 12.2. The molecule has 0 rings (SSSR count). The van der Waals surface area contributed by atoms with E-state index in [9.17, 15) is 0 Å². The van der Waals surface area contributed by atoms with Crippen LogP contribution in [0.15, 0.2) is 17.8 Å². The number of allylic oxidation sites excluding steroid dienone is 1. The SMILES string of the molecule is C=CC(C)(C)/C=N/O. The second-order valence-corrected chi connectivity index (χ2v) is 2.27. The Morgan fingerprint density at radius 2 is 2.12 bits per heavy atom. The molecule has 0 aliphatic rings. The van der Waals surface area contributed by atoms with E-state index < -0.39 is 0 Å².